The Morgan fingerprint density at radius 1 is 1.00 bits per heavy atom. The Hall–Kier alpha value is -1.73. The van der Waals surface area contributed by atoms with E-state index in [1.807, 2.05) is 4.90 Å². The summed E-state index contributed by atoms with van der Waals surface area (Å²) in [6.07, 6.45) is 8.10. The summed E-state index contributed by atoms with van der Waals surface area (Å²) < 4.78 is 5.53. The molecule has 0 N–H and O–H groups in total. The molecular weight excluding hydrogens is 330 g/mol. The molecular formula is C19H29N5O2. The summed E-state index contributed by atoms with van der Waals surface area (Å²) in [4.78, 5) is 28.1. The lowest BCUT2D eigenvalue weighted by molar-refractivity contribution is 0.00204. The Bertz CT molecular complexity index is 629. The minimum Gasteiger partial charge on any atom is -0.381 e. The Morgan fingerprint density at radius 2 is 1.69 bits per heavy atom. The van der Waals surface area contributed by atoms with E-state index in [4.69, 9.17) is 4.74 Å². The average Bonchev–Trinajstić information content (AvgIpc) is 2.69. The van der Waals surface area contributed by atoms with Gasteiger partial charge in [-0.05, 0) is 38.1 Å². The second-order valence-corrected chi connectivity index (χ2v) is 7.96. The first-order valence-corrected chi connectivity index (χ1v) is 9.78. The number of likely N-dealkylation sites (N-methyl/N-ethyl adjacent to an activating group) is 1. The van der Waals surface area contributed by atoms with E-state index in [9.17, 15) is 4.79 Å². The highest BCUT2D eigenvalue weighted by atomic mass is 16.5. The lowest BCUT2D eigenvalue weighted by Gasteiger charge is -2.44. The number of amides is 1. The molecule has 0 saturated carbocycles. The molecule has 3 aliphatic heterocycles. The van der Waals surface area contributed by atoms with Gasteiger partial charge in [-0.1, -0.05) is 0 Å². The smallest absolute Gasteiger partial charge is 0.274 e. The predicted octanol–water partition coefficient (Wildman–Crippen LogP) is 1.26. The number of piperazine rings is 1. The first-order chi connectivity index (χ1) is 12.7. The third kappa shape index (κ3) is 3.69. The second kappa shape index (κ2) is 7.48. The van der Waals surface area contributed by atoms with Crippen molar-refractivity contribution in [3.63, 3.8) is 0 Å². The molecule has 142 valence electrons. The summed E-state index contributed by atoms with van der Waals surface area (Å²) in [7, 11) is 2.09. The molecule has 0 radical (unpaired) electrons. The molecule has 3 aliphatic rings. The molecule has 26 heavy (non-hydrogen) atoms. The van der Waals surface area contributed by atoms with E-state index in [0.717, 1.165) is 58.3 Å². The largest absolute Gasteiger partial charge is 0.381 e. The van der Waals surface area contributed by atoms with E-state index >= 15 is 0 Å². The van der Waals surface area contributed by atoms with Gasteiger partial charge in [0.15, 0.2) is 0 Å². The van der Waals surface area contributed by atoms with Gasteiger partial charge in [0, 0.05) is 52.5 Å². The summed E-state index contributed by atoms with van der Waals surface area (Å²) in [6.45, 7) is 7.12. The van der Waals surface area contributed by atoms with Crippen molar-refractivity contribution >= 4 is 11.7 Å². The first-order valence-electron chi connectivity index (χ1n) is 9.78. The van der Waals surface area contributed by atoms with Gasteiger partial charge in [-0.25, -0.2) is 4.98 Å². The predicted molar refractivity (Wildman–Crippen MR) is 99.4 cm³/mol. The van der Waals surface area contributed by atoms with Crippen molar-refractivity contribution in [1.82, 2.24) is 19.8 Å². The van der Waals surface area contributed by atoms with Crippen molar-refractivity contribution in [2.75, 3.05) is 64.4 Å². The van der Waals surface area contributed by atoms with E-state index in [1.165, 1.54) is 25.7 Å². The number of carbonyl (C=O) groups excluding carboxylic acids is 1. The van der Waals surface area contributed by atoms with Crippen LogP contribution in [0.3, 0.4) is 0 Å². The van der Waals surface area contributed by atoms with Crippen molar-refractivity contribution in [3.8, 4) is 0 Å². The fourth-order valence-electron chi connectivity index (χ4n) is 4.30. The van der Waals surface area contributed by atoms with Crippen LogP contribution in [-0.2, 0) is 4.74 Å². The first kappa shape index (κ1) is 17.7. The van der Waals surface area contributed by atoms with Crippen molar-refractivity contribution in [2.24, 2.45) is 5.41 Å². The van der Waals surface area contributed by atoms with Gasteiger partial charge in [0.05, 0.1) is 12.4 Å². The molecule has 3 fully saturated rings. The van der Waals surface area contributed by atoms with Crippen LogP contribution in [0.2, 0.25) is 0 Å². The van der Waals surface area contributed by atoms with Gasteiger partial charge in [0.2, 0.25) is 0 Å². The number of aromatic nitrogens is 2. The molecule has 0 atom stereocenters. The highest BCUT2D eigenvalue weighted by Crippen LogP contribution is 2.41. The minimum absolute atomic E-state index is 0.00496. The number of anilines is 1. The SMILES string of the molecule is CN1CCN(C(=O)c2cncc(N3CCC4(CCOCC4)CC3)n2)CC1. The molecule has 7 heteroatoms. The molecule has 7 nitrogen and oxygen atoms in total. The van der Waals surface area contributed by atoms with Gasteiger partial charge in [-0.2, -0.15) is 0 Å². The van der Waals surface area contributed by atoms with Crippen LogP contribution in [0.5, 0.6) is 0 Å². The third-order valence-corrected chi connectivity index (χ3v) is 6.33. The Balaban J connectivity index is 1.41. The van der Waals surface area contributed by atoms with Crippen LogP contribution in [-0.4, -0.2) is 85.2 Å². The van der Waals surface area contributed by atoms with Gasteiger partial charge >= 0.3 is 0 Å². The van der Waals surface area contributed by atoms with Crippen molar-refractivity contribution in [3.05, 3.63) is 18.1 Å². The molecule has 0 aliphatic carbocycles. The normalized spacial score (nSPS) is 24.0. The molecule has 0 bridgehead atoms. The van der Waals surface area contributed by atoms with E-state index in [-0.39, 0.29) is 5.91 Å². The molecule has 0 aromatic carbocycles. The zero-order valence-electron chi connectivity index (χ0n) is 15.7. The number of ether oxygens (including phenoxy) is 1. The molecule has 4 rings (SSSR count). The highest BCUT2D eigenvalue weighted by Gasteiger charge is 2.36. The number of piperidine rings is 1. The summed E-state index contributed by atoms with van der Waals surface area (Å²) >= 11 is 0. The van der Waals surface area contributed by atoms with E-state index in [0.29, 0.717) is 11.1 Å². The van der Waals surface area contributed by atoms with Crippen LogP contribution >= 0.6 is 0 Å². The molecule has 4 heterocycles. The fourth-order valence-corrected chi connectivity index (χ4v) is 4.30. The van der Waals surface area contributed by atoms with Crippen LogP contribution in [0.1, 0.15) is 36.2 Å². The number of hydrogen-bond donors (Lipinski definition) is 0. The van der Waals surface area contributed by atoms with Gasteiger partial charge in [-0.15, -0.1) is 0 Å². The molecule has 3 saturated heterocycles. The summed E-state index contributed by atoms with van der Waals surface area (Å²) in [5.74, 6) is 0.845. The van der Waals surface area contributed by atoms with E-state index < -0.39 is 0 Å². The highest BCUT2D eigenvalue weighted by molar-refractivity contribution is 5.92. The topological polar surface area (TPSA) is 61.8 Å². The van der Waals surface area contributed by atoms with Crippen molar-refractivity contribution < 1.29 is 9.53 Å². The third-order valence-electron chi connectivity index (χ3n) is 6.33. The standard InChI is InChI=1S/C19H29N5O2/c1-22-8-10-24(11-9-22)18(25)16-14-20-15-17(21-16)23-6-2-19(3-7-23)4-12-26-13-5-19/h14-15H,2-13H2,1H3. The lowest BCUT2D eigenvalue weighted by atomic mass is 9.72. The minimum atomic E-state index is 0.00496. The summed E-state index contributed by atoms with van der Waals surface area (Å²) in [5.41, 5.74) is 0.925. The van der Waals surface area contributed by atoms with Crippen molar-refractivity contribution in [2.45, 2.75) is 25.7 Å². The Labute approximate surface area is 155 Å². The van der Waals surface area contributed by atoms with Gasteiger partial charge in [-0.3, -0.25) is 9.78 Å². The van der Waals surface area contributed by atoms with Crippen LogP contribution in [0.4, 0.5) is 5.82 Å². The molecule has 0 unspecified atom stereocenters. The fraction of sp³-hybridized carbons (Fsp3) is 0.737. The van der Waals surface area contributed by atoms with Crippen LogP contribution < -0.4 is 4.90 Å². The molecule has 1 aromatic heterocycles. The van der Waals surface area contributed by atoms with Crippen LogP contribution in [0, 0.1) is 5.41 Å². The Kier molecular flexibility index (Phi) is 5.09. The number of hydrogen-bond acceptors (Lipinski definition) is 6. The Morgan fingerprint density at radius 3 is 2.38 bits per heavy atom. The van der Waals surface area contributed by atoms with E-state index in [2.05, 4.69) is 26.8 Å². The van der Waals surface area contributed by atoms with Crippen molar-refractivity contribution in [1.29, 1.82) is 0 Å². The average molecular weight is 359 g/mol. The molecule has 1 amide bonds. The quantitative estimate of drug-likeness (QED) is 0.792. The zero-order chi connectivity index (χ0) is 18.0. The monoisotopic (exact) mass is 359 g/mol. The zero-order valence-corrected chi connectivity index (χ0v) is 15.7. The van der Waals surface area contributed by atoms with E-state index in [1.54, 1.807) is 12.4 Å². The number of nitrogens with zero attached hydrogens (tertiary/aromatic N) is 5. The van der Waals surface area contributed by atoms with Gasteiger partial charge in [0.25, 0.3) is 5.91 Å². The number of carbonyl (C=O) groups is 1. The summed E-state index contributed by atoms with van der Waals surface area (Å²) in [5, 5.41) is 0. The maximum absolute atomic E-state index is 12.8. The van der Waals surface area contributed by atoms with Crippen LogP contribution in [0.25, 0.3) is 0 Å². The maximum atomic E-state index is 12.8. The molecule has 1 aromatic rings. The maximum Gasteiger partial charge on any atom is 0.274 e. The van der Waals surface area contributed by atoms with Gasteiger partial charge in [0.1, 0.15) is 11.5 Å². The summed E-state index contributed by atoms with van der Waals surface area (Å²) in [6, 6.07) is 0. The number of rotatable bonds is 2. The lowest BCUT2D eigenvalue weighted by Crippen LogP contribution is -2.47. The van der Waals surface area contributed by atoms with Gasteiger partial charge < -0.3 is 19.4 Å². The molecule has 1 spiro atoms. The van der Waals surface area contributed by atoms with Crippen LogP contribution in [0.15, 0.2) is 12.4 Å². The second-order valence-electron chi connectivity index (χ2n) is 7.96.